The Morgan fingerprint density at radius 2 is 1.89 bits per heavy atom. The molecule has 0 aromatic rings. The fourth-order valence-electron chi connectivity index (χ4n) is 2.41. The molecular weight excluding hydrogens is 246 g/mol. The standard InChI is InChI=1S/C13H25N3O3/c1-9(12(17)18)8-15(4)13(19)14-16-10(2)6-5-7-11(16)3/h9-11H,5-8H2,1-4H3,(H,14,19)(H,17,18). The number of carbonyl (C=O) groups excluding carboxylic acids is 1. The van der Waals surface area contributed by atoms with Crippen LogP contribution in [-0.2, 0) is 4.79 Å². The van der Waals surface area contributed by atoms with Gasteiger partial charge in [0.05, 0.1) is 5.92 Å². The first-order chi connectivity index (χ1) is 8.82. The van der Waals surface area contributed by atoms with E-state index in [4.69, 9.17) is 5.11 Å². The number of carboxylic acids is 1. The van der Waals surface area contributed by atoms with Crippen LogP contribution in [-0.4, -0.2) is 52.7 Å². The number of hydrogen-bond donors (Lipinski definition) is 2. The summed E-state index contributed by atoms with van der Waals surface area (Å²) >= 11 is 0. The third-order valence-electron chi connectivity index (χ3n) is 3.73. The van der Waals surface area contributed by atoms with Crippen LogP contribution in [0.5, 0.6) is 0 Å². The van der Waals surface area contributed by atoms with E-state index in [1.165, 1.54) is 11.3 Å². The second-order valence-electron chi connectivity index (χ2n) is 5.57. The predicted octanol–water partition coefficient (Wildman–Crippen LogP) is 1.53. The lowest BCUT2D eigenvalue weighted by Gasteiger charge is -2.39. The van der Waals surface area contributed by atoms with Crippen LogP contribution in [0.2, 0.25) is 0 Å². The van der Waals surface area contributed by atoms with Gasteiger partial charge in [0.15, 0.2) is 0 Å². The molecule has 2 N–H and O–H groups in total. The van der Waals surface area contributed by atoms with Crippen LogP contribution >= 0.6 is 0 Å². The van der Waals surface area contributed by atoms with Crippen LogP contribution in [0.1, 0.15) is 40.0 Å². The van der Waals surface area contributed by atoms with Crippen molar-refractivity contribution in [2.75, 3.05) is 13.6 Å². The highest BCUT2D eigenvalue weighted by molar-refractivity contribution is 5.75. The second kappa shape index (κ2) is 6.75. The summed E-state index contributed by atoms with van der Waals surface area (Å²) in [4.78, 5) is 24.2. The van der Waals surface area contributed by atoms with Gasteiger partial charge < -0.3 is 10.0 Å². The predicted molar refractivity (Wildman–Crippen MR) is 72.6 cm³/mol. The van der Waals surface area contributed by atoms with Crippen molar-refractivity contribution in [3.63, 3.8) is 0 Å². The maximum Gasteiger partial charge on any atom is 0.331 e. The van der Waals surface area contributed by atoms with E-state index in [0.717, 1.165) is 12.8 Å². The van der Waals surface area contributed by atoms with Gasteiger partial charge in [-0.15, -0.1) is 0 Å². The smallest absolute Gasteiger partial charge is 0.331 e. The molecule has 1 heterocycles. The molecule has 1 aliphatic rings. The molecule has 1 fully saturated rings. The van der Waals surface area contributed by atoms with Gasteiger partial charge in [0.2, 0.25) is 0 Å². The van der Waals surface area contributed by atoms with Gasteiger partial charge in [-0.2, -0.15) is 0 Å². The van der Waals surface area contributed by atoms with Gasteiger partial charge in [-0.3, -0.25) is 10.2 Å². The number of carboxylic acid groups (broad SMARTS) is 1. The van der Waals surface area contributed by atoms with E-state index in [1.807, 2.05) is 5.01 Å². The van der Waals surface area contributed by atoms with E-state index in [1.54, 1.807) is 14.0 Å². The van der Waals surface area contributed by atoms with Gasteiger partial charge in [-0.25, -0.2) is 9.80 Å². The number of amides is 2. The van der Waals surface area contributed by atoms with Crippen molar-refractivity contribution >= 4 is 12.0 Å². The fourth-order valence-corrected chi connectivity index (χ4v) is 2.41. The summed E-state index contributed by atoms with van der Waals surface area (Å²) in [5.41, 5.74) is 2.89. The Morgan fingerprint density at radius 3 is 2.37 bits per heavy atom. The second-order valence-corrected chi connectivity index (χ2v) is 5.57. The Morgan fingerprint density at radius 1 is 1.37 bits per heavy atom. The minimum absolute atomic E-state index is 0.206. The molecule has 3 unspecified atom stereocenters. The summed E-state index contributed by atoms with van der Waals surface area (Å²) in [6, 6.07) is 0.393. The summed E-state index contributed by atoms with van der Waals surface area (Å²) in [7, 11) is 1.62. The van der Waals surface area contributed by atoms with Crippen LogP contribution in [0.25, 0.3) is 0 Å². The highest BCUT2D eigenvalue weighted by Crippen LogP contribution is 2.20. The molecule has 1 rings (SSSR count). The summed E-state index contributed by atoms with van der Waals surface area (Å²) in [5.74, 6) is -1.45. The van der Waals surface area contributed by atoms with E-state index < -0.39 is 11.9 Å². The van der Waals surface area contributed by atoms with E-state index in [-0.39, 0.29) is 12.6 Å². The minimum Gasteiger partial charge on any atom is -0.481 e. The minimum atomic E-state index is -0.889. The average molecular weight is 271 g/mol. The molecule has 6 heteroatoms. The van der Waals surface area contributed by atoms with Crippen molar-refractivity contribution in [1.82, 2.24) is 15.3 Å². The molecule has 19 heavy (non-hydrogen) atoms. The van der Waals surface area contributed by atoms with Gasteiger partial charge in [0.1, 0.15) is 0 Å². The molecule has 1 aliphatic heterocycles. The Bertz CT molecular complexity index is 325. The van der Waals surface area contributed by atoms with Gasteiger partial charge in [-0.1, -0.05) is 13.3 Å². The molecule has 3 atom stereocenters. The monoisotopic (exact) mass is 271 g/mol. The SMILES string of the molecule is CC(CN(C)C(=O)NN1C(C)CCCC1C)C(=O)O. The number of rotatable bonds is 4. The normalized spacial score (nSPS) is 25.7. The van der Waals surface area contributed by atoms with E-state index in [9.17, 15) is 9.59 Å². The van der Waals surface area contributed by atoms with Gasteiger partial charge >= 0.3 is 12.0 Å². The zero-order valence-electron chi connectivity index (χ0n) is 12.2. The summed E-state index contributed by atoms with van der Waals surface area (Å²) in [6.07, 6.45) is 3.32. The first-order valence-electron chi connectivity index (χ1n) is 6.85. The number of nitrogens with zero attached hydrogens (tertiary/aromatic N) is 2. The third-order valence-corrected chi connectivity index (χ3v) is 3.73. The molecular formula is C13H25N3O3. The average Bonchev–Trinajstić information content (AvgIpc) is 2.33. The Kier molecular flexibility index (Phi) is 5.60. The molecule has 0 aromatic carbocycles. The number of hydrazine groups is 1. The van der Waals surface area contributed by atoms with Crippen molar-refractivity contribution in [2.45, 2.75) is 52.1 Å². The van der Waals surface area contributed by atoms with Crippen molar-refractivity contribution in [1.29, 1.82) is 0 Å². The number of piperidine rings is 1. The Balaban J connectivity index is 2.51. The van der Waals surface area contributed by atoms with Crippen molar-refractivity contribution in [2.24, 2.45) is 5.92 Å². The summed E-state index contributed by atoms with van der Waals surface area (Å²) in [5, 5.41) is 10.8. The van der Waals surface area contributed by atoms with E-state index in [0.29, 0.717) is 12.1 Å². The molecule has 0 aliphatic carbocycles. The largest absolute Gasteiger partial charge is 0.481 e. The topological polar surface area (TPSA) is 72.9 Å². The van der Waals surface area contributed by atoms with Crippen LogP contribution < -0.4 is 5.43 Å². The molecule has 0 saturated carbocycles. The fraction of sp³-hybridized carbons (Fsp3) is 0.846. The molecule has 110 valence electrons. The highest BCUT2D eigenvalue weighted by Gasteiger charge is 2.27. The molecule has 1 saturated heterocycles. The first kappa shape index (κ1) is 15.8. The van der Waals surface area contributed by atoms with E-state index in [2.05, 4.69) is 19.3 Å². The summed E-state index contributed by atoms with van der Waals surface area (Å²) < 4.78 is 0. The number of hydrogen-bond acceptors (Lipinski definition) is 3. The molecule has 0 aromatic heterocycles. The Labute approximate surface area is 114 Å². The van der Waals surface area contributed by atoms with Crippen LogP contribution in [0.3, 0.4) is 0 Å². The Hall–Kier alpha value is -1.30. The number of nitrogens with one attached hydrogen (secondary N) is 1. The maximum absolute atomic E-state index is 12.0. The van der Waals surface area contributed by atoms with Crippen molar-refractivity contribution < 1.29 is 14.7 Å². The molecule has 6 nitrogen and oxygen atoms in total. The van der Waals surface area contributed by atoms with Crippen LogP contribution in [0, 0.1) is 5.92 Å². The quantitative estimate of drug-likeness (QED) is 0.813. The number of carbonyl (C=O) groups is 2. The summed E-state index contributed by atoms with van der Waals surface area (Å²) in [6.45, 7) is 5.99. The van der Waals surface area contributed by atoms with E-state index >= 15 is 0 Å². The molecule has 2 amide bonds. The first-order valence-corrected chi connectivity index (χ1v) is 6.85. The lowest BCUT2D eigenvalue weighted by atomic mass is 10.00. The molecule has 0 bridgehead atoms. The lowest BCUT2D eigenvalue weighted by Crippen LogP contribution is -2.57. The van der Waals surface area contributed by atoms with Crippen LogP contribution in [0.4, 0.5) is 4.79 Å². The third kappa shape index (κ3) is 4.38. The zero-order valence-corrected chi connectivity index (χ0v) is 12.2. The molecule has 0 spiro atoms. The number of urea groups is 1. The molecule has 0 radical (unpaired) electrons. The van der Waals surface area contributed by atoms with Crippen molar-refractivity contribution in [3.8, 4) is 0 Å². The number of aliphatic carboxylic acids is 1. The van der Waals surface area contributed by atoms with Gasteiger partial charge in [0, 0.05) is 25.7 Å². The highest BCUT2D eigenvalue weighted by atomic mass is 16.4. The lowest BCUT2D eigenvalue weighted by molar-refractivity contribution is -0.141. The van der Waals surface area contributed by atoms with Gasteiger partial charge in [0.25, 0.3) is 0 Å². The van der Waals surface area contributed by atoms with Crippen LogP contribution in [0.15, 0.2) is 0 Å². The van der Waals surface area contributed by atoms with Gasteiger partial charge in [-0.05, 0) is 26.7 Å². The maximum atomic E-state index is 12.0. The zero-order chi connectivity index (χ0) is 14.6. The van der Waals surface area contributed by atoms with Crippen molar-refractivity contribution in [3.05, 3.63) is 0 Å².